The molecule has 0 spiro atoms. The number of aromatic carboxylic acids is 3. The number of halogens is 2. The predicted octanol–water partition coefficient (Wildman–Crippen LogP) is 7.48. The van der Waals surface area contributed by atoms with E-state index < -0.39 is 52.1 Å². The Morgan fingerprint density at radius 1 is 0.698 bits per heavy atom. The number of aryl methyl sites for hydroxylation is 1. The van der Waals surface area contributed by atoms with Crippen LogP contribution in [-0.2, 0) is 13.0 Å². The summed E-state index contributed by atoms with van der Waals surface area (Å²) in [4.78, 5) is 51.8. The summed E-state index contributed by atoms with van der Waals surface area (Å²) in [6.07, 6.45) is 2.20. The second-order valence-corrected chi connectivity index (χ2v) is 11.1. The fourth-order valence-electron chi connectivity index (χ4n) is 5.56. The highest BCUT2D eigenvalue weighted by Gasteiger charge is 2.33. The maximum Gasteiger partial charge on any atom is 0.336 e. The molecule has 4 aromatic rings. The Morgan fingerprint density at radius 2 is 1.26 bits per heavy atom. The molecule has 0 saturated carbocycles. The number of hydrogen-bond donors (Lipinski definition) is 3. The van der Waals surface area contributed by atoms with E-state index in [4.69, 9.17) is 23.2 Å². The minimum absolute atomic E-state index is 0.0799. The van der Waals surface area contributed by atoms with Crippen molar-refractivity contribution in [2.75, 3.05) is 0 Å². The third-order valence-electron chi connectivity index (χ3n) is 7.56. The van der Waals surface area contributed by atoms with E-state index in [1.54, 1.807) is 18.2 Å². The molecule has 218 valence electrons. The summed E-state index contributed by atoms with van der Waals surface area (Å²) < 4.78 is 0. The molecule has 5 rings (SSSR count). The Balaban J connectivity index is 1.60. The first-order valence-electron chi connectivity index (χ1n) is 13.4. The molecule has 1 atom stereocenters. The first-order valence-corrected chi connectivity index (χ1v) is 14.1. The van der Waals surface area contributed by atoms with Crippen LogP contribution in [0.2, 0.25) is 10.0 Å². The standard InChI is InChI=1S/C33H25Cl2NO7/c34-22-12-21(13-23(35)14-22)19-10-8-18(9-11-19)17-36(29-7-3-5-20-4-1-2-6-24(20)29)30(37)25-15-27(32(40)41)28(33(42)43)16-26(25)31(38)39/h1-2,4,6,8-16,29H,3,5,7,17H2,(H,38,39)(H,40,41)(H,42,43)/t29-/m0/s1. The molecule has 43 heavy (non-hydrogen) atoms. The van der Waals surface area contributed by atoms with Crippen LogP contribution < -0.4 is 0 Å². The van der Waals surface area contributed by atoms with Gasteiger partial charge in [0.1, 0.15) is 0 Å². The van der Waals surface area contributed by atoms with Crippen molar-refractivity contribution in [1.29, 1.82) is 0 Å². The lowest BCUT2D eigenvalue weighted by Crippen LogP contribution is -2.37. The number of hydrogen-bond acceptors (Lipinski definition) is 4. The van der Waals surface area contributed by atoms with Crippen LogP contribution in [0.25, 0.3) is 11.1 Å². The number of carboxylic acid groups (broad SMARTS) is 3. The van der Waals surface area contributed by atoms with E-state index in [9.17, 15) is 34.5 Å². The van der Waals surface area contributed by atoms with Crippen molar-refractivity contribution in [3.05, 3.63) is 128 Å². The van der Waals surface area contributed by atoms with Crippen LogP contribution >= 0.6 is 23.2 Å². The van der Waals surface area contributed by atoms with E-state index >= 15 is 0 Å². The topological polar surface area (TPSA) is 132 Å². The second kappa shape index (κ2) is 12.3. The van der Waals surface area contributed by atoms with Crippen molar-refractivity contribution < 1.29 is 34.5 Å². The Labute approximate surface area is 256 Å². The van der Waals surface area contributed by atoms with Gasteiger partial charge in [-0.2, -0.15) is 0 Å². The number of carbonyl (C=O) groups is 4. The van der Waals surface area contributed by atoms with Gasteiger partial charge in [0.25, 0.3) is 5.91 Å². The second-order valence-electron chi connectivity index (χ2n) is 10.3. The van der Waals surface area contributed by atoms with Gasteiger partial charge in [-0.1, -0.05) is 71.7 Å². The van der Waals surface area contributed by atoms with Gasteiger partial charge in [0.15, 0.2) is 0 Å². The lowest BCUT2D eigenvalue weighted by molar-refractivity contribution is 0.0611. The molecule has 0 fully saturated rings. The minimum Gasteiger partial charge on any atom is -0.478 e. The van der Waals surface area contributed by atoms with Gasteiger partial charge in [-0.25, -0.2) is 14.4 Å². The number of carbonyl (C=O) groups excluding carboxylic acids is 1. The van der Waals surface area contributed by atoms with Crippen LogP contribution in [0, 0.1) is 0 Å². The quantitative estimate of drug-likeness (QED) is 0.187. The Bertz CT molecular complexity index is 1750. The van der Waals surface area contributed by atoms with Gasteiger partial charge in [-0.15, -0.1) is 0 Å². The van der Waals surface area contributed by atoms with Crippen LogP contribution in [0.4, 0.5) is 0 Å². The average Bonchev–Trinajstić information content (AvgIpc) is 2.98. The summed E-state index contributed by atoms with van der Waals surface area (Å²) in [5.41, 5.74) is 2.01. The largest absolute Gasteiger partial charge is 0.478 e. The fourth-order valence-corrected chi connectivity index (χ4v) is 6.08. The monoisotopic (exact) mass is 617 g/mol. The molecule has 10 heteroatoms. The highest BCUT2D eigenvalue weighted by molar-refractivity contribution is 6.35. The van der Waals surface area contributed by atoms with Gasteiger partial charge < -0.3 is 20.2 Å². The number of rotatable bonds is 8. The molecule has 0 aromatic heterocycles. The Morgan fingerprint density at radius 3 is 1.86 bits per heavy atom. The van der Waals surface area contributed by atoms with Gasteiger partial charge in [0.2, 0.25) is 0 Å². The average molecular weight is 618 g/mol. The summed E-state index contributed by atoms with van der Waals surface area (Å²) in [5, 5.41) is 30.2. The molecule has 3 N–H and O–H groups in total. The van der Waals surface area contributed by atoms with Gasteiger partial charge in [0, 0.05) is 16.6 Å². The fraction of sp³-hybridized carbons (Fsp3) is 0.152. The normalized spacial score (nSPS) is 14.0. The molecule has 1 amide bonds. The summed E-state index contributed by atoms with van der Waals surface area (Å²) >= 11 is 12.3. The molecule has 0 aliphatic heterocycles. The van der Waals surface area contributed by atoms with Crippen LogP contribution in [-0.4, -0.2) is 44.0 Å². The van der Waals surface area contributed by atoms with E-state index in [0.717, 1.165) is 52.8 Å². The smallest absolute Gasteiger partial charge is 0.336 e. The van der Waals surface area contributed by atoms with Crippen molar-refractivity contribution in [2.24, 2.45) is 0 Å². The van der Waals surface area contributed by atoms with Gasteiger partial charge in [-0.05, 0) is 77.4 Å². The van der Waals surface area contributed by atoms with E-state index in [1.165, 1.54) is 4.90 Å². The SMILES string of the molecule is O=C(O)c1cc(C(=O)O)c(C(=O)N(Cc2ccc(-c3cc(Cl)cc(Cl)c3)cc2)[C@H]2CCCc3ccccc32)cc1C(=O)O. The van der Waals surface area contributed by atoms with E-state index in [-0.39, 0.29) is 6.54 Å². The summed E-state index contributed by atoms with van der Waals surface area (Å²) in [6, 6.07) is 21.5. The van der Waals surface area contributed by atoms with Crippen LogP contribution in [0.5, 0.6) is 0 Å². The van der Waals surface area contributed by atoms with Crippen molar-refractivity contribution in [1.82, 2.24) is 4.90 Å². The molecule has 8 nitrogen and oxygen atoms in total. The Kier molecular flexibility index (Phi) is 8.52. The molecule has 4 aromatic carbocycles. The molecule has 0 bridgehead atoms. The molecule has 1 aliphatic carbocycles. The highest BCUT2D eigenvalue weighted by atomic mass is 35.5. The van der Waals surface area contributed by atoms with Crippen molar-refractivity contribution in [3.63, 3.8) is 0 Å². The highest BCUT2D eigenvalue weighted by Crippen LogP contribution is 2.37. The third kappa shape index (κ3) is 6.26. The molecular formula is C33H25Cl2NO7. The van der Waals surface area contributed by atoms with Crippen molar-refractivity contribution in [3.8, 4) is 11.1 Å². The molecule has 0 radical (unpaired) electrons. The van der Waals surface area contributed by atoms with Crippen LogP contribution in [0.3, 0.4) is 0 Å². The van der Waals surface area contributed by atoms with Gasteiger partial charge in [-0.3, -0.25) is 4.79 Å². The van der Waals surface area contributed by atoms with Crippen molar-refractivity contribution in [2.45, 2.75) is 31.8 Å². The number of nitrogens with zero attached hydrogens (tertiary/aromatic N) is 1. The first-order chi connectivity index (χ1) is 20.5. The number of amides is 1. The van der Waals surface area contributed by atoms with E-state index in [2.05, 4.69) is 0 Å². The minimum atomic E-state index is -1.61. The summed E-state index contributed by atoms with van der Waals surface area (Å²) in [6.45, 7) is 0.0799. The lowest BCUT2D eigenvalue weighted by Gasteiger charge is -2.36. The summed E-state index contributed by atoms with van der Waals surface area (Å²) in [7, 11) is 0. The first kappa shape index (κ1) is 29.8. The number of fused-ring (bicyclic) bond motifs is 1. The molecular weight excluding hydrogens is 593 g/mol. The van der Waals surface area contributed by atoms with Crippen LogP contribution in [0.1, 0.15) is 77.0 Å². The maximum atomic E-state index is 14.3. The Hall–Kier alpha value is -4.66. The molecule has 0 heterocycles. The summed E-state index contributed by atoms with van der Waals surface area (Å²) in [5.74, 6) is -5.46. The van der Waals surface area contributed by atoms with Crippen molar-refractivity contribution >= 4 is 47.0 Å². The van der Waals surface area contributed by atoms with Gasteiger partial charge in [0.05, 0.1) is 28.3 Å². The number of benzene rings is 4. The predicted molar refractivity (Wildman–Crippen MR) is 161 cm³/mol. The zero-order chi connectivity index (χ0) is 30.8. The van der Waals surface area contributed by atoms with E-state index in [0.29, 0.717) is 16.5 Å². The third-order valence-corrected chi connectivity index (χ3v) is 7.99. The zero-order valence-corrected chi connectivity index (χ0v) is 24.1. The number of carboxylic acids is 3. The maximum absolute atomic E-state index is 14.3. The molecule has 0 unspecified atom stereocenters. The lowest BCUT2D eigenvalue weighted by atomic mass is 9.86. The molecule has 0 saturated heterocycles. The zero-order valence-electron chi connectivity index (χ0n) is 22.6. The van der Waals surface area contributed by atoms with Crippen LogP contribution in [0.15, 0.2) is 78.9 Å². The molecule has 1 aliphatic rings. The van der Waals surface area contributed by atoms with E-state index in [1.807, 2.05) is 48.5 Å². The van der Waals surface area contributed by atoms with Gasteiger partial charge >= 0.3 is 17.9 Å².